The Balaban J connectivity index is 1.29. The number of benzene rings is 2. The van der Waals surface area contributed by atoms with E-state index in [9.17, 15) is 5.11 Å². The van der Waals surface area contributed by atoms with Crippen LogP contribution in [0.3, 0.4) is 0 Å². The van der Waals surface area contributed by atoms with Gasteiger partial charge in [0.25, 0.3) is 0 Å². The first-order chi connectivity index (χ1) is 16.5. The normalized spacial score (nSPS) is 30.0. The third-order valence-electron chi connectivity index (χ3n) is 8.64. The van der Waals surface area contributed by atoms with Gasteiger partial charge in [-0.05, 0) is 79.3 Å². The molecule has 1 saturated carbocycles. The molecule has 1 saturated heterocycles. The summed E-state index contributed by atoms with van der Waals surface area (Å²) in [6.45, 7) is 4.60. The molecule has 34 heavy (non-hydrogen) atoms. The SMILES string of the molecule is COc1cc(/C=C2\C[C@@H]3CN4CCc5c([nH]c6ccccc56)[C@@]4(C)C[C@H]3C[C@H]2O)cc(OC)c1. The fourth-order valence-electron chi connectivity index (χ4n) is 6.87. The van der Waals surface area contributed by atoms with Crippen LogP contribution in [0.5, 0.6) is 11.5 Å². The second kappa shape index (κ2) is 8.17. The summed E-state index contributed by atoms with van der Waals surface area (Å²) in [5.74, 6) is 2.63. The minimum Gasteiger partial charge on any atom is -0.497 e. The van der Waals surface area contributed by atoms with Crippen molar-refractivity contribution in [2.24, 2.45) is 11.8 Å². The zero-order valence-electron chi connectivity index (χ0n) is 20.3. The van der Waals surface area contributed by atoms with Crippen molar-refractivity contribution < 1.29 is 14.6 Å². The number of nitrogens with one attached hydrogen (secondary N) is 1. The van der Waals surface area contributed by atoms with E-state index in [2.05, 4.69) is 47.1 Å². The van der Waals surface area contributed by atoms with Crippen molar-refractivity contribution in [3.05, 3.63) is 64.9 Å². The van der Waals surface area contributed by atoms with Crippen molar-refractivity contribution >= 4 is 17.0 Å². The molecule has 178 valence electrons. The molecule has 1 aliphatic carbocycles. The summed E-state index contributed by atoms with van der Waals surface area (Å²) in [6, 6.07) is 14.6. The first-order valence-electron chi connectivity index (χ1n) is 12.4. The van der Waals surface area contributed by atoms with Crippen molar-refractivity contribution in [3.63, 3.8) is 0 Å². The number of aromatic nitrogens is 1. The van der Waals surface area contributed by atoms with E-state index in [1.54, 1.807) is 14.2 Å². The number of aliphatic hydroxyl groups is 1. The number of hydrogen-bond donors (Lipinski definition) is 2. The lowest BCUT2D eigenvalue weighted by atomic mass is 9.64. The van der Waals surface area contributed by atoms with Crippen LogP contribution >= 0.6 is 0 Å². The molecule has 0 spiro atoms. The summed E-state index contributed by atoms with van der Waals surface area (Å²) >= 11 is 0. The Morgan fingerprint density at radius 2 is 1.85 bits per heavy atom. The topological polar surface area (TPSA) is 57.7 Å². The maximum absolute atomic E-state index is 11.2. The van der Waals surface area contributed by atoms with Crippen molar-refractivity contribution in [2.75, 3.05) is 27.3 Å². The summed E-state index contributed by atoms with van der Waals surface area (Å²) in [6.07, 6.45) is 5.70. The van der Waals surface area contributed by atoms with Crippen LogP contribution in [0.4, 0.5) is 0 Å². The van der Waals surface area contributed by atoms with Gasteiger partial charge in [0, 0.05) is 35.8 Å². The van der Waals surface area contributed by atoms with Gasteiger partial charge in [-0.2, -0.15) is 0 Å². The van der Waals surface area contributed by atoms with Crippen molar-refractivity contribution in [1.29, 1.82) is 0 Å². The molecule has 2 fully saturated rings. The smallest absolute Gasteiger partial charge is 0.123 e. The molecule has 5 heteroatoms. The standard InChI is InChI=1S/C29H34N2O3/c1-29-16-20-14-27(32)19(10-18-11-22(33-2)15-23(12-18)34-3)13-21(20)17-31(29)9-8-25-24-6-4-5-7-26(24)30-28(25)29/h4-7,10-12,15,20-21,27,30,32H,8-9,13-14,16-17H2,1-3H3/b19-10+/t20-,21-,27-,29-/m1/s1. The van der Waals surface area contributed by atoms with Crippen LogP contribution in [-0.4, -0.2) is 48.4 Å². The molecule has 6 rings (SSSR count). The van der Waals surface area contributed by atoms with Crippen LogP contribution in [0.1, 0.15) is 43.0 Å². The molecule has 3 heterocycles. The Kier molecular flexibility index (Phi) is 5.23. The zero-order valence-corrected chi connectivity index (χ0v) is 20.3. The van der Waals surface area contributed by atoms with Gasteiger partial charge in [-0.3, -0.25) is 4.90 Å². The highest BCUT2D eigenvalue weighted by atomic mass is 16.5. The van der Waals surface area contributed by atoms with Crippen LogP contribution in [0.15, 0.2) is 48.0 Å². The van der Waals surface area contributed by atoms with Gasteiger partial charge in [0.2, 0.25) is 0 Å². The van der Waals surface area contributed by atoms with Gasteiger partial charge in [0.15, 0.2) is 0 Å². The van der Waals surface area contributed by atoms with E-state index in [0.717, 1.165) is 61.4 Å². The molecular weight excluding hydrogens is 424 g/mol. The van der Waals surface area contributed by atoms with E-state index in [0.29, 0.717) is 11.8 Å². The van der Waals surface area contributed by atoms with Crippen LogP contribution in [0.25, 0.3) is 17.0 Å². The van der Waals surface area contributed by atoms with Crippen molar-refractivity contribution in [3.8, 4) is 11.5 Å². The molecular formula is C29H34N2O3. The fraction of sp³-hybridized carbons (Fsp3) is 0.448. The molecule has 0 amide bonds. The molecule has 1 aromatic heterocycles. The van der Waals surface area contributed by atoms with Gasteiger partial charge in [-0.1, -0.05) is 24.3 Å². The minimum absolute atomic E-state index is 0.00880. The highest BCUT2D eigenvalue weighted by molar-refractivity contribution is 5.85. The number of para-hydroxylation sites is 1. The molecule has 0 radical (unpaired) electrons. The lowest BCUT2D eigenvalue weighted by Crippen LogP contribution is -2.57. The summed E-state index contributed by atoms with van der Waals surface area (Å²) in [5, 5.41) is 12.5. The maximum atomic E-state index is 11.2. The van der Waals surface area contributed by atoms with E-state index in [4.69, 9.17) is 9.47 Å². The van der Waals surface area contributed by atoms with Gasteiger partial charge < -0.3 is 19.6 Å². The van der Waals surface area contributed by atoms with Crippen molar-refractivity contribution in [2.45, 2.75) is 44.2 Å². The number of hydrogen-bond acceptors (Lipinski definition) is 4. The lowest BCUT2D eigenvalue weighted by molar-refractivity contribution is -0.0402. The Hall–Kier alpha value is -2.76. The Labute approximate surface area is 201 Å². The van der Waals surface area contributed by atoms with E-state index in [-0.39, 0.29) is 5.54 Å². The van der Waals surface area contributed by atoms with Crippen LogP contribution in [0.2, 0.25) is 0 Å². The number of aromatic amines is 1. The molecule has 2 aliphatic heterocycles. The number of nitrogens with zero attached hydrogens (tertiary/aromatic N) is 1. The van der Waals surface area contributed by atoms with Gasteiger partial charge in [-0.15, -0.1) is 0 Å². The molecule has 2 N–H and O–H groups in total. The number of fused-ring (bicyclic) bond motifs is 6. The van der Waals surface area contributed by atoms with E-state index in [1.807, 2.05) is 18.2 Å². The third kappa shape index (κ3) is 3.45. The number of aliphatic hydroxyl groups excluding tert-OH is 1. The van der Waals surface area contributed by atoms with Gasteiger partial charge >= 0.3 is 0 Å². The highest BCUT2D eigenvalue weighted by Gasteiger charge is 2.49. The summed E-state index contributed by atoms with van der Waals surface area (Å²) < 4.78 is 10.9. The Morgan fingerprint density at radius 1 is 1.09 bits per heavy atom. The van der Waals surface area contributed by atoms with Gasteiger partial charge in [0.05, 0.1) is 25.9 Å². The van der Waals surface area contributed by atoms with Crippen LogP contribution < -0.4 is 9.47 Å². The molecule has 5 nitrogen and oxygen atoms in total. The van der Waals surface area contributed by atoms with E-state index < -0.39 is 6.10 Å². The average molecular weight is 459 g/mol. The largest absolute Gasteiger partial charge is 0.497 e. The first-order valence-corrected chi connectivity index (χ1v) is 12.4. The summed E-state index contributed by atoms with van der Waals surface area (Å²) in [4.78, 5) is 6.49. The lowest BCUT2D eigenvalue weighted by Gasteiger charge is -2.55. The summed E-state index contributed by atoms with van der Waals surface area (Å²) in [7, 11) is 3.34. The predicted octanol–water partition coefficient (Wildman–Crippen LogP) is 5.13. The summed E-state index contributed by atoms with van der Waals surface area (Å²) in [5.41, 5.74) is 6.30. The number of piperidine rings is 1. The van der Waals surface area contributed by atoms with Gasteiger partial charge in [0.1, 0.15) is 11.5 Å². The van der Waals surface area contributed by atoms with Crippen LogP contribution in [0, 0.1) is 11.8 Å². The monoisotopic (exact) mass is 458 g/mol. The molecule has 2 aromatic carbocycles. The number of rotatable bonds is 3. The second-order valence-electron chi connectivity index (χ2n) is 10.5. The van der Waals surface area contributed by atoms with E-state index in [1.165, 1.54) is 22.2 Å². The fourth-order valence-corrected chi connectivity index (χ4v) is 6.87. The number of H-pyrrole nitrogens is 1. The Bertz CT molecular complexity index is 1240. The number of ether oxygens (including phenoxy) is 2. The zero-order chi connectivity index (χ0) is 23.4. The quantitative estimate of drug-likeness (QED) is 0.571. The molecule has 4 atom stereocenters. The van der Waals surface area contributed by atoms with Gasteiger partial charge in [-0.25, -0.2) is 0 Å². The maximum Gasteiger partial charge on any atom is 0.123 e. The predicted molar refractivity (Wildman–Crippen MR) is 135 cm³/mol. The van der Waals surface area contributed by atoms with Crippen molar-refractivity contribution in [1.82, 2.24) is 9.88 Å². The van der Waals surface area contributed by atoms with E-state index >= 15 is 0 Å². The number of methoxy groups -OCH3 is 2. The molecule has 3 aliphatic rings. The molecule has 0 bridgehead atoms. The average Bonchev–Trinajstić information content (AvgIpc) is 3.23. The highest BCUT2D eigenvalue weighted by Crippen LogP contribution is 2.51. The molecule has 3 aromatic rings. The first kappa shape index (κ1) is 21.8. The Morgan fingerprint density at radius 3 is 2.62 bits per heavy atom. The van der Waals surface area contributed by atoms with Crippen LogP contribution in [-0.2, 0) is 12.0 Å². The third-order valence-corrected chi connectivity index (χ3v) is 8.64. The minimum atomic E-state index is -0.403. The second-order valence-corrected chi connectivity index (χ2v) is 10.5. The molecule has 0 unspecified atom stereocenters.